The normalized spacial score (nSPS) is 11.7. The molecular weight excluding hydrogens is 276 g/mol. The second-order valence-corrected chi connectivity index (χ2v) is 6.60. The molecule has 6 nitrogen and oxygen atoms in total. The summed E-state index contributed by atoms with van der Waals surface area (Å²) in [6.07, 6.45) is 0.771. The molecular formula is C13H24N4O2S. The van der Waals surface area contributed by atoms with Crippen molar-refractivity contribution in [3.63, 3.8) is 0 Å². The first-order chi connectivity index (χ1) is 9.36. The highest BCUT2D eigenvalue weighted by Gasteiger charge is 2.16. The molecule has 0 heterocycles. The lowest BCUT2D eigenvalue weighted by Crippen LogP contribution is -2.34. The Bertz CT molecular complexity index is 500. The van der Waals surface area contributed by atoms with Gasteiger partial charge in [0.1, 0.15) is 0 Å². The fourth-order valence-electron chi connectivity index (χ4n) is 1.65. The zero-order valence-electron chi connectivity index (χ0n) is 12.5. The highest BCUT2D eigenvalue weighted by atomic mass is 32.2. The van der Waals surface area contributed by atoms with Crippen molar-refractivity contribution in [1.82, 2.24) is 9.62 Å². The van der Waals surface area contributed by atoms with E-state index < -0.39 is 10.2 Å². The van der Waals surface area contributed by atoms with Gasteiger partial charge in [0, 0.05) is 39.1 Å². The Morgan fingerprint density at radius 3 is 2.20 bits per heavy atom. The van der Waals surface area contributed by atoms with E-state index >= 15 is 0 Å². The summed E-state index contributed by atoms with van der Waals surface area (Å²) < 4.78 is 28.1. The van der Waals surface area contributed by atoms with E-state index in [1.54, 1.807) is 19.2 Å². The fraction of sp³-hybridized carbons (Fsp3) is 0.538. The van der Waals surface area contributed by atoms with Crippen LogP contribution in [-0.4, -0.2) is 54.0 Å². The predicted molar refractivity (Wildman–Crippen MR) is 84.5 cm³/mol. The minimum absolute atomic E-state index is 0.478. The molecule has 0 spiro atoms. The van der Waals surface area contributed by atoms with Gasteiger partial charge in [-0.3, -0.25) is 4.72 Å². The van der Waals surface area contributed by atoms with Crippen LogP contribution in [0.25, 0.3) is 0 Å². The molecule has 0 fully saturated rings. The molecule has 0 aromatic heterocycles. The average Bonchev–Trinajstić information content (AvgIpc) is 2.39. The molecule has 1 aromatic carbocycles. The monoisotopic (exact) mass is 300 g/mol. The molecule has 0 aliphatic rings. The second-order valence-electron chi connectivity index (χ2n) is 4.83. The smallest absolute Gasteiger partial charge is 0.301 e. The highest BCUT2D eigenvalue weighted by molar-refractivity contribution is 7.90. The molecule has 0 saturated heterocycles. The van der Waals surface area contributed by atoms with Gasteiger partial charge < -0.3 is 10.2 Å². The van der Waals surface area contributed by atoms with Gasteiger partial charge >= 0.3 is 10.2 Å². The van der Waals surface area contributed by atoms with Crippen LogP contribution in [0.3, 0.4) is 0 Å². The molecule has 1 rings (SSSR count). The van der Waals surface area contributed by atoms with Gasteiger partial charge in [-0.05, 0) is 44.3 Å². The Labute approximate surface area is 122 Å². The van der Waals surface area contributed by atoms with E-state index in [9.17, 15) is 8.42 Å². The summed E-state index contributed by atoms with van der Waals surface area (Å²) in [7, 11) is 3.82. The van der Waals surface area contributed by atoms with Gasteiger partial charge in [-0.2, -0.15) is 12.7 Å². The first kappa shape index (κ1) is 16.7. The third-order valence-corrected chi connectivity index (χ3v) is 4.44. The number of nitrogens with one attached hydrogen (secondary N) is 2. The van der Waals surface area contributed by atoms with Crippen molar-refractivity contribution in [3.05, 3.63) is 24.3 Å². The van der Waals surface area contributed by atoms with Crippen LogP contribution in [-0.2, 0) is 10.2 Å². The van der Waals surface area contributed by atoms with Gasteiger partial charge in [0.25, 0.3) is 0 Å². The molecule has 0 aliphatic heterocycles. The van der Waals surface area contributed by atoms with Crippen LogP contribution in [0.5, 0.6) is 0 Å². The highest BCUT2D eigenvalue weighted by Crippen LogP contribution is 2.17. The molecule has 20 heavy (non-hydrogen) atoms. The minimum Gasteiger partial charge on any atom is -0.378 e. The molecule has 0 unspecified atom stereocenters. The van der Waals surface area contributed by atoms with Crippen molar-refractivity contribution < 1.29 is 8.42 Å². The van der Waals surface area contributed by atoms with Crippen LogP contribution >= 0.6 is 0 Å². The fourth-order valence-corrected chi connectivity index (χ4v) is 2.61. The maximum atomic E-state index is 12.1. The summed E-state index contributed by atoms with van der Waals surface area (Å²) in [5.74, 6) is 0. The van der Waals surface area contributed by atoms with Gasteiger partial charge in [-0.15, -0.1) is 0 Å². The summed E-state index contributed by atoms with van der Waals surface area (Å²) in [4.78, 5) is 1.96. The Morgan fingerprint density at radius 1 is 1.10 bits per heavy atom. The zero-order valence-corrected chi connectivity index (χ0v) is 13.4. The lowest BCUT2D eigenvalue weighted by molar-refractivity contribution is 0.462. The Hall–Kier alpha value is -1.31. The number of benzene rings is 1. The predicted octanol–water partition coefficient (Wildman–Crippen LogP) is 0.951. The van der Waals surface area contributed by atoms with Crippen LogP contribution in [0.2, 0.25) is 0 Å². The van der Waals surface area contributed by atoms with Gasteiger partial charge in [-0.1, -0.05) is 0 Å². The molecule has 0 aliphatic carbocycles. The third-order valence-electron chi connectivity index (χ3n) is 2.94. The van der Waals surface area contributed by atoms with E-state index in [2.05, 4.69) is 10.0 Å². The van der Waals surface area contributed by atoms with Crippen LogP contribution in [0, 0.1) is 0 Å². The molecule has 0 saturated carbocycles. The van der Waals surface area contributed by atoms with Crippen molar-refractivity contribution >= 4 is 21.6 Å². The van der Waals surface area contributed by atoms with E-state index in [4.69, 9.17) is 0 Å². The van der Waals surface area contributed by atoms with Crippen molar-refractivity contribution in [2.75, 3.05) is 50.9 Å². The largest absolute Gasteiger partial charge is 0.378 e. The minimum atomic E-state index is -3.48. The lowest BCUT2D eigenvalue weighted by Gasteiger charge is -2.19. The number of hydrogen-bond donors (Lipinski definition) is 2. The zero-order chi connectivity index (χ0) is 15.2. The van der Waals surface area contributed by atoms with Crippen LogP contribution in [0.4, 0.5) is 11.4 Å². The van der Waals surface area contributed by atoms with E-state index in [0.717, 1.165) is 18.7 Å². The van der Waals surface area contributed by atoms with Crippen molar-refractivity contribution in [2.45, 2.75) is 6.42 Å². The van der Waals surface area contributed by atoms with E-state index in [0.29, 0.717) is 12.2 Å². The van der Waals surface area contributed by atoms with Gasteiger partial charge in [0.2, 0.25) is 0 Å². The van der Waals surface area contributed by atoms with Gasteiger partial charge in [0.15, 0.2) is 0 Å². The van der Waals surface area contributed by atoms with Crippen LogP contribution < -0.4 is 14.9 Å². The van der Waals surface area contributed by atoms with E-state index in [1.807, 2.05) is 38.2 Å². The third kappa shape index (κ3) is 4.99. The number of anilines is 2. The molecule has 0 radical (unpaired) electrons. The van der Waals surface area contributed by atoms with E-state index in [1.165, 1.54) is 4.31 Å². The Morgan fingerprint density at radius 2 is 1.70 bits per heavy atom. The van der Waals surface area contributed by atoms with Gasteiger partial charge in [0.05, 0.1) is 0 Å². The maximum absolute atomic E-state index is 12.1. The summed E-state index contributed by atoms with van der Waals surface area (Å²) in [5.41, 5.74) is 1.59. The topological polar surface area (TPSA) is 64.7 Å². The quantitative estimate of drug-likeness (QED) is 0.702. The molecule has 0 bridgehead atoms. The SMILES string of the molecule is CNCCCN(C)S(=O)(=O)Nc1ccc(N(C)C)cc1. The molecule has 2 N–H and O–H groups in total. The standard InChI is InChI=1S/C13H24N4O2S/c1-14-10-5-11-17(4)20(18,19)15-12-6-8-13(9-7-12)16(2)3/h6-9,14-15H,5,10-11H2,1-4H3. The van der Waals surface area contributed by atoms with E-state index in [-0.39, 0.29) is 0 Å². The lowest BCUT2D eigenvalue weighted by atomic mass is 10.3. The maximum Gasteiger partial charge on any atom is 0.301 e. The summed E-state index contributed by atoms with van der Waals surface area (Å²) >= 11 is 0. The first-order valence-corrected chi connectivity index (χ1v) is 7.97. The Balaban J connectivity index is 2.65. The molecule has 1 aromatic rings. The number of nitrogens with zero attached hydrogens (tertiary/aromatic N) is 2. The molecule has 7 heteroatoms. The van der Waals surface area contributed by atoms with Crippen LogP contribution in [0.15, 0.2) is 24.3 Å². The van der Waals surface area contributed by atoms with Crippen molar-refractivity contribution in [2.24, 2.45) is 0 Å². The van der Waals surface area contributed by atoms with Crippen molar-refractivity contribution in [1.29, 1.82) is 0 Å². The molecule has 114 valence electrons. The summed E-state index contributed by atoms with van der Waals surface area (Å²) in [6.45, 7) is 1.27. The first-order valence-electron chi connectivity index (χ1n) is 6.53. The van der Waals surface area contributed by atoms with Crippen LogP contribution in [0.1, 0.15) is 6.42 Å². The molecule has 0 atom stereocenters. The summed E-state index contributed by atoms with van der Waals surface area (Å²) in [5, 5.41) is 2.99. The number of rotatable bonds is 8. The Kier molecular flexibility index (Phi) is 6.25. The molecule has 0 amide bonds. The number of hydrogen-bond acceptors (Lipinski definition) is 4. The van der Waals surface area contributed by atoms with Gasteiger partial charge in [-0.25, -0.2) is 0 Å². The average molecular weight is 300 g/mol. The second kappa shape index (κ2) is 7.47. The van der Waals surface area contributed by atoms with Crippen molar-refractivity contribution in [3.8, 4) is 0 Å². The summed E-state index contributed by atoms with van der Waals surface area (Å²) in [6, 6.07) is 7.26.